The number of guanidine groups is 1. The molecule has 0 saturated carbocycles. The third kappa shape index (κ3) is 8.30. The van der Waals surface area contributed by atoms with Crippen molar-refractivity contribution < 1.29 is 9.47 Å². The largest absolute Gasteiger partial charge is 0.380 e. The van der Waals surface area contributed by atoms with Crippen LogP contribution < -0.4 is 10.6 Å². The van der Waals surface area contributed by atoms with Crippen LogP contribution in [0.3, 0.4) is 0 Å². The van der Waals surface area contributed by atoms with Gasteiger partial charge in [0.15, 0.2) is 5.96 Å². The predicted octanol–water partition coefficient (Wildman–Crippen LogP) is 3.18. The first-order valence-corrected chi connectivity index (χ1v) is 7.94. The van der Waals surface area contributed by atoms with Gasteiger partial charge in [0.1, 0.15) is 0 Å². The Labute approximate surface area is 163 Å². The lowest BCUT2D eigenvalue weighted by Crippen LogP contribution is -2.45. The second kappa shape index (κ2) is 11.7. The summed E-state index contributed by atoms with van der Waals surface area (Å²) in [5.74, 6) is 0.772. The van der Waals surface area contributed by atoms with Crippen LogP contribution in [-0.2, 0) is 22.6 Å². The smallest absolute Gasteiger partial charge is 0.191 e. The van der Waals surface area contributed by atoms with Crippen LogP contribution in [0.4, 0.5) is 0 Å². The van der Waals surface area contributed by atoms with Crippen LogP contribution in [0.1, 0.15) is 31.9 Å². The van der Waals surface area contributed by atoms with Crippen molar-refractivity contribution in [3.8, 4) is 0 Å². The zero-order valence-corrected chi connectivity index (χ0v) is 18.0. The highest BCUT2D eigenvalue weighted by Gasteiger charge is 2.24. The molecular formula is C18H32IN3O2. The fraction of sp³-hybridized carbons (Fsp3) is 0.611. The van der Waals surface area contributed by atoms with Gasteiger partial charge in [-0.1, -0.05) is 45.0 Å². The molecule has 6 heteroatoms. The van der Waals surface area contributed by atoms with Gasteiger partial charge in [-0.15, -0.1) is 24.0 Å². The minimum absolute atomic E-state index is 0. The molecule has 2 N–H and O–H groups in total. The number of benzene rings is 1. The van der Waals surface area contributed by atoms with Gasteiger partial charge in [0.05, 0.1) is 12.7 Å². The maximum Gasteiger partial charge on any atom is 0.191 e. The number of methoxy groups -OCH3 is 2. The van der Waals surface area contributed by atoms with Crippen LogP contribution in [0.2, 0.25) is 0 Å². The highest BCUT2D eigenvalue weighted by molar-refractivity contribution is 14.0. The summed E-state index contributed by atoms with van der Waals surface area (Å²) in [6, 6.07) is 8.33. The number of ether oxygens (including phenoxy) is 2. The first kappa shape index (κ1) is 23.1. The zero-order chi connectivity index (χ0) is 17.3. The lowest BCUT2D eigenvalue weighted by atomic mass is 9.89. The first-order valence-electron chi connectivity index (χ1n) is 7.94. The summed E-state index contributed by atoms with van der Waals surface area (Å²) in [5.41, 5.74) is 2.44. The van der Waals surface area contributed by atoms with Crippen LogP contribution in [0, 0.1) is 5.41 Å². The Morgan fingerprint density at radius 2 is 1.83 bits per heavy atom. The number of hydrogen-bond donors (Lipinski definition) is 2. The summed E-state index contributed by atoms with van der Waals surface area (Å²) in [4.78, 5) is 4.26. The number of nitrogens with zero attached hydrogens (tertiary/aromatic N) is 1. The molecule has 1 aromatic carbocycles. The van der Waals surface area contributed by atoms with Crippen molar-refractivity contribution in [2.24, 2.45) is 10.4 Å². The summed E-state index contributed by atoms with van der Waals surface area (Å²) >= 11 is 0. The first-order chi connectivity index (χ1) is 10.9. The van der Waals surface area contributed by atoms with Gasteiger partial charge in [0.2, 0.25) is 0 Å². The Bertz CT molecular complexity index is 501. The molecule has 1 unspecified atom stereocenters. The number of nitrogens with one attached hydrogen (secondary N) is 2. The molecule has 1 atom stereocenters. The van der Waals surface area contributed by atoms with Crippen molar-refractivity contribution >= 4 is 29.9 Å². The van der Waals surface area contributed by atoms with Crippen molar-refractivity contribution in [1.82, 2.24) is 10.6 Å². The molecule has 0 heterocycles. The molecule has 0 aliphatic rings. The third-order valence-corrected chi connectivity index (χ3v) is 3.69. The van der Waals surface area contributed by atoms with E-state index in [-0.39, 0.29) is 35.5 Å². The Morgan fingerprint density at radius 1 is 1.17 bits per heavy atom. The molecule has 0 amide bonds. The minimum atomic E-state index is 0. The van der Waals surface area contributed by atoms with Crippen molar-refractivity contribution in [1.29, 1.82) is 0 Å². The number of rotatable bonds is 7. The van der Waals surface area contributed by atoms with E-state index in [9.17, 15) is 0 Å². The van der Waals surface area contributed by atoms with Gasteiger partial charge in [-0.05, 0) is 16.5 Å². The predicted molar refractivity (Wildman–Crippen MR) is 111 cm³/mol. The van der Waals surface area contributed by atoms with E-state index in [1.807, 2.05) is 6.07 Å². The van der Waals surface area contributed by atoms with Crippen molar-refractivity contribution in [3.63, 3.8) is 0 Å². The molecule has 0 aromatic heterocycles. The van der Waals surface area contributed by atoms with Gasteiger partial charge in [-0.25, -0.2) is 0 Å². The molecule has 5 nitrogen and oxygen atoms in total. The lowest BCUT2D eigenvalue weighted by Gasteiger charge is -2.30. The van der Waals surface area contributed by atoms with E-state index in [0.717, 1.165) is 5.96 Å². The minimum Gasteiger partial charge on any atom is -0.380 e. The molecule has 0 saturated heterocycles. The molecule has 0 radical (unpaired) electrons. The van der Waals surface area contributed by atoms with Crippen LogP contribution in [-0.4, -0.2) is 39.9 Å². The van der Waals surface area contributed by atoms with E-state index in [1.54, 1.807) is 21.3 Å². The van der Waals surface area contributed by atoms with Gasteiger partial charge in [-0.2, -0.15) is 0 Å². The molecule has 0 aliphatic carbocycles. The van der Waals surface area contributed by atoms with Gasteiger partial charge < -0.3 is 20.1 Å². The Morgan fingerprint density at radius 3 is 2.38 bits per heavy atom. The zero-order valence-electron chi connectivity index (χ0n) is 15.7. The maximum atomic E-state index is 5.56. The third-order valence-electron chi connectivity index (χ3n) is 3.69. The van der Waals surface area contributed by atoms with Crippen molar-refractivity contribution in [3.05, 3.63) is 35.4 Å². The number of hydrogen-bond acceptors (Lipinski definition) is 3. The van der Waals surface area contributed by atoms with E-state index in [4.69, 9.17) is 9.47 Å². The topological polar surface area (TPSA) is 54.9 Å². The fourth-order valence-corrected chi connectivity index (χ4v) is 2.33. The molecule has 1 rings (SSSR count). The average Bonchev–Trinajstić information content (AvgIpc) is 2.50. The average molecular weight is 449 g/mol. The second-order valence-corrected chi connectivity index (χ2v) is 6.65. The molecule has 0 spiro atoms. The van der Waals surface area contributed by atoms with E-state index in [2.05, 4.69) is 54.6 Å². The Kier molecular flexibility index (Phi) is 11.2. The van der Waals surface area contributed by atoms with E-state index in [1.165, 1.54) is 11.1 Å². The molecule has 0 fully saturated rings. The Balaban J connectivity index is 0.00000529. The monoisotopic (exact) mass is 449 g/mol. The Hall–Kier alpha value is -0.860. The molecular weight excluding hydrogens is 417 g/mol. The highest BCUT2D eigenvalue weighted by Crippen LogP contribution is 2.20. The van der Waals surface area contributed by atoms with Crippen molar-refractivity contribution in [2.45, 2.75) is 40.0 Å². The fourth-order valence-electron chi connectivity index (χ4n) is 2.33. The molecule has 138 valence electrons. The quantitative estimate of drug-likeness (QED) is 0.382. The summed E-state index contributed by atoms with van der Waals surface area (Å²) in [5, 5.41) is 6.65. The van der Waals surface area contributed by atoms with Crippen LogP contribution in [0.25, 0.3) is 0 Å². The maximum absolute atomic E-state index is 5.56. The summed E-state index contributed by atoms with van der Waals surface area (Å²) in [6.07, 6.45) is 0.117. The van der Waals surface area contributed by atoms with Gasteiger partial charge in [0, 0.05) is 34.4 Å². The van der Waals surface area contributed by atoms with Gasteiger partial charge in [-0.3, -0.25) is 4.99 Å². The van der Waals surface area contributed by atoms with E-state index in [0.29, 0.717) is 19.7 Å². The molecule has 0 bridgehead atoms. The van der Waals surface area contributed by atoms with E-state index >= 15 is 0 Å². The normalized spacial score (nSPS) is 13.2. The standard InChI is InChI=1S/C18H31N3O2.HI/c1-18(2,3)16(23-6)12-21-17(19-4)20-11-14-8-7-9-15(10-14)13-22-5;/h7-10,16H,11-13H2,1-6H3,(H2,19,20,21);1H. The van der Waals surface area contributed by atoms with E-state index < -0.39 is 0 Å². The summed E-state index contributed by atoms with van der Waals surface area (Å²) in [6.45, 7) is 8.55. The molecule has 24 heavy (non-hydrogen) atoms. The SMILES string of the molecule is CN=C(NCc1cccc(COC)c1)NCC(OC)C(C)(C)C.I. The highest BCUT2D eigenvalue weighted by atomic mass is 127. The lowest BCUT2D eigenvalue weighted by molar-refractivity contribution is 0.0205. The van der Waals surface area contributed by atoms with Gasteiger partial charge in [0.25, 0.3) is 0 Å². The van der Waals surface area contributed by atoms with Crippen molar-refractivity contribution in [2.75, 3.05) is 27.8 Å². The summed E-state index contributed by atoms with van der Waals surface area (Å²) in [7, 11) is 5.22. The van der Waals surface area contributed by atoms with Gasteiger partial charge >= 0.3 is 0 Å². The van der Waals surface area contributed by atoms with Crippen LogP contribution in [0.5, 0.6) is 0 Å². The second-order valence-electron chi connectivity index (χ2n) is 6.65. The molecule has 0 aliphatic heterocycles. The summed E-state index contributed by atoms with van der Waals surface area (Å²) < 4.78 is 10.7. The van der Waals surface area contributed by atoms with Crippen LogP contribution >= 0.6 is 24.0 Å². The number of halogens is 1. The van der Waals surface area contributed by atoms with Crippen LogP contribution in [0.15, 0.2) is 29.3 Å². The number of aliphatic imine (C=N–C) groups is 1. The molecule has 1 aromatic rings.